The lowest BCUT2D eigenvalue weighted by Gasteiger charge is -2.37. The lowest BCUT2D eigenvalue weighted by Crippen LogP contribution is -2.67. The second-order valence-electron chi connectivity index (χ2n) is 3.63. The van der Waals surface area contributed by atoms with Gasteiger partial charge in [-0.2, -0.15) is 48.3 Å². The minimum atomic E-state index is -7.38. The molecule has 0 radical (unpaired) electrons. The first kappa shape index (κ1) is 20.1. The maximum absolute atomic E-state index is 12.8. The molecule has 0 amide bonds. The van der Waals surface area contributed by atoms with Gasteiger partial charge >= 0.3 is 30.1 Å². The van der Waals surface area contributed by atoms with E-state index in [2.05, 4.69) is 4.74 Å². The van der Waals surface area contributed by atoms with E-state index in [4.69, 9.17) is 0 Å². The Kier molecular flexibility index (Phi) is 5.17. The Hall–Kier alpha value is -0.880. The number of ether oxygens (including phenoxy) is 1. The van der Waals surface area contributed by atoms with Crippen LogP contribution in [-0.2, 0) is 4.74 Å². The molecule has 128 valence electrons. The van der Waals surface area contributed by atoms with Crippen LogP contribution in [0, 0.1) is 0 Å². The molecule has 0 rings (SSSR count). The first-order valence-corrected chi connectivity index (χ1v) is 4.82. The number of alkyl halides is 12. The maximum Gasteiger partial charge on any atom is 0.426 e. The average Bonchev–Trinajstić information content (AvgIpc) is 2.25. The zero-order valence-corrected chi connectivity index (χ0v) is 9.73. The molecule has 0 aromatic rings. The molecule has 21 heavy (non-hydrogen) atoms. The standard InChI is InChI=1S/C8H6F12O/c1-2-21-8(19,20)7(17,18)6(15,16)4(10,11)3(9)5(12,13)14/h3H,2H2,1H3. The van der Waals surface area contributed by atoms with Gasteiger partial charge in [0.2, 0.25) is 0 Å². The Morgan fingerprint density at radius 3 is 1.43 bits per heavy atom. The average molecular weight is 346 g/mol. The monoisotopic (exact) mass is 346 g/mol. The molecule has 0 heterocycles. The Morgan fingerprint density at radius 2 is 1.14 bits per heavy atom. The highest BCUT2D eigenvalue weighted by Gasteiger charge is 2.85. The first-order chi connectivity index (χ1) is 8.97. The van der Waals surface area contributed by atoms with E-state index in [9.17, 15) is 52.7 Å². The Morgan fingerprint density at radius 1 is 0.762 bits per heavy atom. The summed E-state index contributed by atoms with van der Waals surface area (Å²) in [6.45, 7) is -0.767. The summed E-state index contributed by atoms with van der Waals surface area (Å²) in [5, 5.41) is 0. The predicted molar refractivity (Wildman–Crippen MR) is 42.4 cm³/mol. The van der Waals surface area contributed by atoms with E-state index in [-0.39, 0.29) is 0 Å². The zero-order chi connectivity index (χ0) is 17.5. The molecular weight excluding hydrogens is 340 g/mol. The largest absolute Gasteiger partial charge is 0.426 e. The van der Waals surface area contributed by atoms with Crippen LogP contribution < -0.4 is 0 Å². The molecule has 0 spiro atoms. The molecule has 0 aromatic carbocycles. The van der Waals surface area contributed by atoms with Gasteiger partial charge in [0.05, 0.1) is 6.61 Å². The quantitative estimate of drug-likeness (QED) is 0.647. The summed E-state index contributed by atoms with van der Waals surface area (Å²) < 4.78 is 152. The van der Waals surface area contributed by atoms with E-state index in [0.717, 1.165) is 0 Å². The van der Waals surface area contributed by atoms with Crippen LogP contribution in [0.4, 0.5) is 52.7 Å². The van der Waals surface area contributed by atoms with Crippen molar-refractivity contribution in [2.45, 2.75) is 43.1 Å². The molecule has 0 aliphatic heterocycles. The third-order valence-corrected chi connectivity index (χ3v) is 2.11. The van der Waals surface area contributed by atoms with Crippen molar-refractivity contribution >= 4 is 0 Å². The summed E-state index contributed by atoms with van der Waals surface area (Å²) in [4.78, 5) is 0. The highest BCUT2D eigenvalue weighted by atomic mass is 19.4. The number of hydrogen-bond acceptors (Lipinski definition) is 1. The SMILES string of the molecule is CCOC(F)(F)C(F)(F)C(F)(F)C(F)(F)C(F)C(F)(F)F. The topological polar surface area (TPSA) is 9.23 Å². The van der Waals surface area contributed by atoms with Gasteiger partial charge in [-0.1, -0.05) is 0 Å². The molecule has 0 saturated heterocycles. The molecule has 0 aromatic heterocycles. The van der Waals surface area contributed by atoms with Gasteiger partial charge in [0.1, 0.15) is 0 Å². The fourth-order valence-electron chi connectivity index (χ4n) is 1.03. The summed E-state index contributed by atoms with van der Waals surface area (Å²) in [6.07, 6.45) is -18.7. The second-order valence-corrected chi connectivity index (χ2v) is 3.63. The van der Waals surface area contributed by atoms with Crippen molar-refractivity contribution in [1.82, 2.24) is 0 Å². The van der Waals surface area contributed by atoms with Crippen molar-refractivity contribution in [3.63, 3.8) is 0 Å². The van der Waals surface area contributed by atoms with E-state index < -0.39 is 42.8 Å². The molecule has 1 nitrogen and oxygen atoms in total. The van der Waals surface area contributed by atoms with E-state index in [1.807, 2.05) is 0 Å². The molecule has 1 atom stereocenters. The third kappa shape index (κ3) is 3.16. The molecule has 0 aliphatic rings. The van der Waals surface area contributed by atoms with Crippen molar-refractivity contribution in [3.05, 3.63) is 0 Å². The van der Waals surface area contributed by atoms with Crippen molar-refractivity contribution in [2.24, 2.45) is 0 Å². The molecule has 13 heteroatoms. The van der Waals surface area contributed by atoms with Gasteiger partial charge < -0.3 is 4.74 Å². The minimum Gasteiger partial charge on any atom is -0.316 e. The Balaban J connectivity index is 5.84. The number of hydrogen-bond donors (Lipinski definition) is 0. The predicted octanol–water partition coefficient (Wildman–Crippen LogP) is 4.42. The molecule has 0 bridgehead atoms. The summed E-state index contributed by atoms with van der Waals surface area (Å²) in [6, 6.07) is 0. The molecule has 0 saturated carbocycles. The van der Waals surface area contributed by atoms with Gasteiger partial charge in [-0.3, -0.25) is 0 Å². The lowest BCUT2D eigenvalue weighted by molar-refractivity contribution is -0.438. The number of rotatable bonds is 6. The van der Waals surface area contributed by atoms with E-state index in [1.54, 1.807) is 0 Å². The Bertz CT molecular complexity index is 359. The van der Waals surface area contributed by atoms with E-state index >= 15 is 0 Å². The van der Waals surface area contributed by atoms with Crippen LogP contribution in [0.2, 0.25) is 0 Å². The van der Waals surface area contributed by atoms with E-state index in [0.29, 0.717) is 6.92 Å². The van der Waals surface area contributed by atoms with Crippen molar-refractivity contribution in [2.75, 3.05) is 6.61 Å². The van der Waals surface area contributed by atoms with Crippen LogP contribution in [-0.4, -0.2) is 42.8 Å². The molecule has 0 aliphatic carbocycles. The second kappa shape index (κ2) is 5.39. The molecule has 1 unspecified atom stereocenters. The molecule has 0 fully saturated rings. The first-order valence-electron chi connectivity index (χ1n) is 4.82. The van der Waals surface area contributed by atoms with Gasteiger partial charge in [-0.25, -0.2) is 4.39 Å². The normalized spacial score (nSPS) is 17.0. The summed E-state index contributed by atoms with van der Waals surface area (Å²) >= 11 is 0. The van der Waals surface area contributed by atoms with Gasteiger partial charge in [-0.05, 0) is 6.92 Å². The van der Waals surface area contributed by atoms with Gasteiger partial charge in [-0.15, -0.1) is 0 Å². The molecular formula is C8H6F12O. The highest BCUT2D eigenvalue weighted by Crippen LogP contribution is 2.56. The third-order valence-electron chi connectivity index (χ3n) is 2.11. The Labute approximate surface area is 108 Å². The van der Waals surface area contributed by atoms with Crippen LogP contribution in [0.3, 0.4) is 0 Å². The van der Waals surface area contributed by atoms with Crippen LogP contribution in [0.1, 0.15) is 6.92 Å². The zero-order valence-electron chi connectivity index (χ0n) is 9.73. The molecule has 0 N–H and O–H groups in total. The smallest absolute Gasteiger partial charge is 0.316 e. The fraction of sp³-hybridized carbons (Fsp3) is 1.00. The lowest BCUT2D eigenvalue weighted by atomic mass is 9.99. The summed E-state index contributed by atoms with van der Waals surface area (Å²) in [5.41, 5.74) is 0. The van der Waals surface area contributed by atoms with Gasteiger partial charge in [0.25, 0.3) is 6.17 Å². The fourth-order valence-corrected chi connectivity index (χ4v) is 1.03. The summed E-state index contributed by atoms with van der Waals surface area (Å²) in [7, 11) is 0. The van der Waals surface area contributed by atoms with Gasteiger partial charge in [0, 0.05) is 0 Å². The van der Waals surface area contributed by atoms with Crippen LogP contribution >= 0.6 is 0 Å². The van der Waals surface area contributed by atoms with Crippen LogP contribution in [0.25, 0.3) is 0 Å². The number of halogens is 12. The van der Waals surface area contributed by atoms with Gasteiger partial charge in [0.15, 0.2) is 0 Å². The van der Waals surface area contributed by atoms with Crippen molar-refractivity contribution in [1.29, 1.82) is 0 Å². The summed E-state index contributed by atoms with van der Waals surface area (Å²) in [5.74, 6) is -21.6. The van der Waals surface area contributed by atoms with Crippen LogP contribution in [0.5, 0.6) is 0 Å². The highest BCUT2D eigenvalue weighted by molar-refractivity contribution is 5.05. The van der Waals surface area contributed by atoms with Crippen molar-refractivity contribution in [3.8, 4) is 0 Å². The van der Waals surface area contributed by atoms with Crippen molar-refractivity contribution < 1.29 is 57.4 Å². The maximum atomic E-state index is 12.8. The van der Waals surface area contributed by atoms with Crippen LogP contribution in [0.15, 0.2) is 0 Å². The van der Waals surface area contributed by atoms with E-state index in [1.165, 1.54) is 0 Å². The minimum absolute atomic E-state index is 0.591.